The average Bonchev–Trinajstić information content (AvgIpc) is 2.79. The molecule has 1 amide bonds. The summed E-state index contributed by atoms with van der Waals surface area (Å²) in [5.74, 6) is -0.183. The molecule has 2 heterocycles. The number of hydrogen-bond acceptors (Lipinski definition) is 5. The summed E-state index contributed by atoms with van der Waals surface area (Å²) in [7, 11) is 0. The van der Waals surface area contributed by atoms with E-state index in [1.807, 2.05) is 11.8 Å². The molecule has 6 heteroatoms. The van der Waals surface area contributed by atoms with Crippen LogP contribution in [0, 0.1) is 11.3 Å². The van der Waals surface area contributed by atoms with E-state index in [1.165, 1.54) is 0 Å². The van der Waals surface area contributed by atoms with Crippen LogP contribution in [0.3, 0.4) is 0 Å². The van der Waals surface area contributed by atoms with Crippen molar-refractivity contribution in [2.45, 2.75) is 32.7 Å². The first-order valence-corrected chi connectivity index (χ1v) is 7.28. The van der Waals surface area contributed by atoms with Crippen LogP contribution < -0.4 is 5.73 Å². The predicted octanol–water partition coefficient (Wildman–Crippen LogP) is 0.152. The Kier molecular flexibility index (Phi) is 4.65. The minimum atomic E-state index is -0.628. The van der Waals surface area contributed by atoms with Crippen molar-refractivity contribution in [2.75, 3.05) is 32.9 Å². The van der Waals surface area contributed by atoms with Crippen LogP contribution in [0.1, 0.15) is 26.7 Å². The summed E-state index contributed by atoms with van der Waals surface area (Å²) in [6.07, 6.45) is 1.33. The monoisotopic (exact) mass is 284 g/mol. The minimum Gasteiger partial charge on any atom is -0.466 e. The van der Waals surface area contributed by atoms with Crippen molar-refractivity contribution in [3.05, 3.63) is 0 Å². The van der Waals surface area contributed by atoms with E-state index in [-0.39, 0.29) is 23.8 Å². The smallest absolute Gasteiger partial charge is 0.309 e. The minimum absolute atomic E-state index is 0.0461. The van der Waals surface area contributed by atoms with Crippen molar-refractivity contribution >= 4 is 11.9 Å². The van der Waals surface area contributed by atoms with Crippen LogP contribution in [0.15, 0.2) is 0 Å². The Hall–Kier alpha value is -1.14. The summed E-state index contributed by atoms with van der Waals surface area (Å²) in [4.78, 5) is 26.1. The highest BCUT2D eigenvalue weighted by Crippen LogP contribution is 2.31. The molecule has 2 atom stereocenters. The van der Waals surface area contributed by atoms with Crippen LogP contribution in [0.25, 0.3) is 0 Å². The molecule has 2 aliphatic rings. The first-order valence-electron chi connectivity index (χ1n) is 7.28. The topological polar surface area (TPSA) is 81.9 Å². The van der Waals surface area contributed by atoms with E-state index in [9.17, 15) is 9.59 Å². The van der Waals surface area contributed by atoms with E-state index in [2.05, 4.69) is 0 Å². The summed E-state index contributed by atoms with van der Waals surface area (Å²) >= 11 is 0. The molecule has 114 valence electrons. The van der Waals surface area contributed by atoms with Crippen molar-refractivity contribution < 1.29 is 19.1 Å². The zero-order valence-corrected chi connectivity index (χ0v) is 12.3. The van der Waals surface area contributed by atoms with Crippen LogP contribution in [-0.2, 0) is 19.1 Å². The fourth-order valence-corrected chi connectivity index (χ4v) is 2.85. The quantitative estimate of drug-likeness (QED) is 0.746. The van der Waals surface area contributed by atoms with Gasteiger partial charge in [0.05, 0.1) is 31.2 Å². The number of ether oxygens (including phenoxy) is 2. The average molecular weight is 284 g/mol. The van der Waals surface area contributed by atoms with E-state index in [1.54, 1.807) is 6.92 Å². The molecule has 0 radical (unpaired) electrons. The van der Waals surface area contributed by atoms with Gasteiger partial charge in [0.1, 0.15) is 0 Å². The van der Waals surface area contributed by atoms with Gasteiger partial charge in [-0.3, -0.25) is 9.59 Å². The highest BCUT2D eigenvalue weighted by atomic mass is 16.5. The van der Waals surface area contributed by atoms with Crippen LogP contribution in [-0.4, -0.2) is 55.7 Å². The number of carbonyl (C=O) groups is 2. The van der Waals surface area contributed by atoms with Gasteiger partial charge in [-0.15, -0.1) is 0 Å². The molecule has 0 aromatic rings. The Morgan fingerprint density at radius 2 is 2.05 bits per heavy atom. The second kappa shape index (κ2) is 6.10. The molecular formula is C14H24N2O4. The fourth-order valence-electron chi connectivity index (χ4n) is 2.85. The highest BCUT2D eigenvalue weighted by Gasteiger charge is 2.47. The van der Waals surface area contributed by atoms with Crippen LogP contribution in [0.5, 0.6) is 0 Å². The van der Waals surface area contributed by atoms with E-state index in [4.69, 9.17) is 15.2 Å². The third-order valence-corrected chi connectivity index (χ3v) is 4.41. The molecule has 2 unspecified atom stereocenters. The van der Waals surface area contributed by atoms with Gasteiger partial charge in [0.25, 0.3) is 0 Å². The number of rotatable bonds is 3. The molecule has 20 heavy (non-hydrogen) atoms. The van der Waals surface area contributed by atoms with Gasteiger partial charge >= 0.3 is 5.97 Å². The van der Waals surface area contributed by atoms with Crippen LogP contribution in [0.4, 0.5) is 0 Å². The third kappa shape index (κ3) is 2.81. The second-order valence-corrected chi connectivity index (χ2v) is 5.86. The number of hydrogen-bond donors (Lipinski definition) is 1. The summed E-state index contributed by atoms with van der Waals surface area (Å²) in [6, 6.07) is -0.252. The van der Waals surface area contributed by atoms with Gasteiger partial charge in [-0.05, 0) is 26.7 Å². The highest BCUT2D eigenvalue weighted by molar-refractivity contribution is 5.84. The van der Waals surface area contributed by atoms with Gasteiger partial charge in [0, 0.05) is 19.1 Å². The lowest BCUT2D eigenvalue weighted by Crippen LogP contribution is -2.53. The van der Waals surface area contributed by atoms with E-state index < -0.39 is 5.41 Å². The Morgan fingerprint density at radius 3 is 2.55 bits per heavy atom. The number of carbonyl (C=O) groups excluding carboxylic acids is 2. The Balaban J connectivity index is 1.90. The molecule has 6 nitrogen and oxygen atoms in total. The fraction of sp³-hybridized carbons (Fsp3) is 0.857. The van der Waals surface area contributed by atoms with E-state index >= 15 is 0 Å². The van der Waals surface area contributed by atoms with Crippen LogP contribution >= 0.6 is 0 Å². The second-order valence-electron chi connectivity index (χ2n) is 5.86. The third-order valence-electron chi connectivity index (χ3n) is 4.41. The van der Waals surface area contributed by atoms with Crippen molar-refractivity contribution in [3.63, 3.8) is 0 Å². The molecule has 2 fully saturated rings. The summed E-state index contributed by atoms with van der Waals surface area (Å²) in [6.45, 7) is 6.06. The molecule has 0 aromatic carbocycles. The van der Waals surface area contributed by atoms with Crippen molar-refractivity contribution in [1.29, 1.82) is 0 Å². The zero-order chi connectivity index (χ0) is 14.8. The lowest BCUT2D eigenvalue weighted by Gasteiger charge is -2.37. The van der Waals surface area contributed by atoms with Crippen molar-refractivity contribution in [3.8, 4) is 0 Å². The normalized spacial score (nSPS) is 31.4. The van der Waals surface area contributed by atoms with E-state index in [0.717, 1.165) is 0 Å². The standard InChI is InChI=1S/C14H24N2O4/c1-3-20-12(17)10-4-6-16(7-5-10)13(18)14(2)9-19-8-11(14)15/h10-11H,3-9,15H2,1-2H3. The molecule has 0 aromatic heterocycles. The Morgan fingerprint density at radius 1 is 1.40 bits per heavy atom. The molecule has 0 aliphatic carbocycles. The molecule has 2 saturated heterocycles. The van der Waals surface area contributed by atoms with Gasteiger partial charge in [-0.1, -0.05) is 0 Å². The lowest BCUT2D eigenvalue weighted by atomic mass is 9.83. The van der Waals surface area contributed by atoms with Gasteiger partial charge < -0.3 is 20.1 Å². The molecule has 0 saturated carbocycles. The molecular weight excluding hydrogens is 260 g/mol. The number of piperidine rings is 1. The maximum atomic E-state index is 12.6. The maximum Gasteiger partial charge on any atom is 0.309 e. The van der Waals surface area contributed by atoms with Crippen molar-refractivity contribution in [1.82, 2.24) is 4.90 Å². The molecule has 2 N–H and O–H groups in total. The zero-order valence-electron chi connectivity index (χ0n) is 12.3. The van der Waals surface area contributed by atoms with Gasteiger partial charge in [0.2, 0.25) is 5.91 Å². The Bertz CT molecular complexity index is 379. The van der Waals surface area contributed by atoms with Gasteiger partial charge in [0.15, 0.2) is 0 Å². The molecule has 0 bridgehead atoms. The van der Waals surface area contributed by atoms with Gasteiger partial charge in [-0.2, -0.15) is 0 Å². The SMILES string of the molecule is CCOC(=O)C1CCN(C(=O)C2(C)COCC2N)CC1. The number of likely N-dealkylation sites (tertiary alicyclic amines) is 1. The number of esters is 1. The largest absolute Gasteiger partial charge is 0.466 e. The number of amides is 1. The number of nitrogens with two attached hydrogens (primary N) is 1. The summed E-state index contributed by atoms with van der Waals surface area (Å²) < 4.78 is 10.4. The lowest BCUT2D eigenvalue weighted by molar-refractivity contribution is -0.153. The van der Waals surface area contributed by atoms with E-state index in [0.29, 0.717) is 45.8 Å². The molecule has 2 rings (SSSR count). The van der Waals surface area contributed by atoms with Gasteiger partial charge in [-0.25, -0.2) is 0 Å². The number of nitrogens with zero attached hydrogens (tertiary/aromatic N) is 1. The summed E-state index contributed by atoms with van der Waals surface area (Å²) in [5, 5.41) is 0. The summed E-state index contributed by atoms with van der Waals surface area (Å²) in [5.41, 5.74) is 5.36. The Labute approximate surface area is 119 Å². The van der Waals surface area contributed by atoms with Crippen molar-refractivity contribution in [2.24, 2.45) is 17.1 Å². The maximum absolute atomic E-state index is 12.6. The molecule has 0 spiro atoms. The molecule has 2 aliphatic heterocycles. The predicted molar refractivity (Wildman–Crippen MR) is 72.8 cm³/mol. The van der Waals surface area contributed by atoms with Crippen LogP contribution in [0.2, 0.25) is 0 Å². The first kappa shape index (κ1) is 15.3. The first-order chi connectivity index (χ1) is 9.49.